The predicted octanol–water partition coefficient (Wildman–Crippen LogP) is 3.74. The molecule has 0 saturated carbocycles. The van der Waals surface area contributed by atoms with Crippen molar-refractivity contribution in [2.45, 2.75) is 0 Å². The molecule has 0 bridgehead atoms. The molecule has 3 rings (SSSR count). The van der Waals surface area contributed by atoms with Gasteiger partial charge in [0, 0.05) is 16.7 Å². The summed E-state index contributed by atoms with van der Waals surface area (Å²) >= 11 is 4.61. The number of carbonyl (C=O) groups is 1. The molecule has 110 valence electrons. The van der Waals surface area contributed by atoms with Gasteiger partial charge in [0.2, 0.25) is 11.0 Å². The normalized spacial score (nSPS) is 10.2. The van der Waals surface area contributed by atoms with Gasteiger partial charge in [-0.15, -0.1) is 10.2 Å². The Morgan fingerprint density at radius 3 is 2.64 bits per heavy atom. The van der Waals surface area contributed by atoms with Crippen molar-refractivity contribution in [3.63, 3.8) is 0 Å². The molecule has 0 aliphatic rings. The van der Waals surface area contributed by atoms with Crippen LogP contribution >= 0.6 is 27.3 Å². The number of halogens is 1. The van der Waals surface area contributed by atoms with E-state index in [2.05, 4.69) is 36.4 Å². The van der Waals surface area contributed by atoms with Crippen LogP contribution in [0.2, 0.25) is 0 Å². The Kier molecular flexibility index (Phi) is 4.40. The molecule has 0 saturated heterocycles. The molecule has 1 aromatic carbocycles. The monoisotopic (exact) mass is 376 g/mol. The molecule has 0 fully saturated rings. The first-order chi connectivity index (χ1) is 10.7. The first-order valence-corrected chi connectivity index (χ1v) is 7.85. The molecule has 2 heterocycles. The Morgan fingerprint density at radius 2 is 2.00 bits per heavy atom. The van der Waals surface area contributed by atoms with E-state index in [0.29, 0.717) is 22.3 Å². The third-order valence-electron chi connectivity index (χ3n) is 2.62. The van der Waals surface area contributed by atoms with Gasteiger partial charge in [-0.25, -0.2) is 4.98 Å². The van der Waals surface area contributed by atoms with Crippen molar-refractivity contribution < 1.29 is 9.53 Å². The summed E-state index contributed by atoms with van der Waals surface area (Å²) in [4.78, 5) is 16.1. The van der Waals surface area contributed by atoms with Gasteiger partial charge in [-0.05, 0) is 30.3 Å². The van der Waals surface area contributed by atoms with Crippen LogP contribution < -0.4 is 10.1 Å². The highest BCUT2D eigenvalue weighted by Crippen LogP contribution is 2.22. The van der Waals surface area contributed by atoms with Crippen LogP contribution in [0.3, 0.4) is 0 Å². The zero-order valence-electron chi connectivity index (χ0n) is 11.1. The maximum atomic E-state index is 12.0. The molecule has 2 aromatic heterocycles. The van der Waals surface area contributed by atoms with Crippen molar-refractivity contribution in [2.24, 2.45) is 0 Å². The summed E-state index contributed by atoms with van der Waals surface area (Å²) in [5.74, 6) is 0.788. The molecule has 0 atom stereocenters. The Labute approximate surface area is 138 Å². The fraction of sp³-hybridized carbons (Fsp3) is 0. The van der Waals surface area contributed by atoms with Crippen molar-refractivity contribution in [1.82, 2.24) is 15.2 Å². The van der Waals surface area contributed by atoms with E-state index >= 15 is 0 Å². The topological polar surface area (TPSA) is 77.0 Å². The number of carbonyl (C=O) groups excluding carboxylic acids is 1. The number of anilines is 1. The molecule has 0 aliphatic carbocycles. The predicted molar refractivity (Wildman–Crippen MR) is 86.3 cm³/mol. The second-order valence-corrected chi connectivity index (χ2v) is 5.89. The molecular weight excluding hydrogens is 368 g/mol. The molecule has 22 heavy (non-hydrogen) atoms. The fourth-order valence-electron chi connectivity index (χ4n) is 1.60. The zero-order valence-corrected chi connectivity index (χ0v) is 13.5. The maximum Gasteiger partial charge on any atom is 0.259 e. The number of nitrogens with one attached hydrogen (secondary N) is 1. The molecule has 6 nitrogen and oxygen atoms in total. The summed E-state index contributed by atoms with van der Waals surface area (Å²) in [5.41, 5.74) is 1.96. The second-order valence-electron chi connectivity index (χ2n) is 4.14. The minimum Gasteiger partial charge on any atom is -0.439 e. The van der Waals surface area contributed by atoms with Gasteiger partial charge < -0.3 is 4.74 Å². The Bertz CT molecular complexity index is 761. The number of amides is 1. The van der Waals surface area contributed by atoms with Crippen LogP contribution in [-0.2, 0) is 0 Å². The van der Waals surface area contributed by atoms with Crippen LogP contribution in [0.1, 0.15) is 10.4 Å². The minimum atomic E-state index is -0.292. The van der Waals surface area contributed by atoms with Crippen LogP contribution in [0.15, 0.2) is 52.6 Å². The number of benzene rings is 1. The van der Waals surface area contributed by atoms with E-state index in [-0.39, 0.29) is 5.91 Å². The van der Waals surface area contributed by atoms with Crippen LogP contribution in [-0.4, -0.2) is 21.1 Å². The lowest BCUT2D eigenvalue weighted by atomic mass is 10.3. The SMILES string of the molecule is O=C(Nc1nncs1)c1ccc(Oc2ccc(Br)cc2)nc1. The standard InChI is InChI=1S/C14H9BrN4O2S/c15-10-2-4-11(5-3-10)21-12-6-1-9(7-16-12)13(20)18-14-19-17-8-22-14/h1-8H,(H,18,19,20). The molecular formula is C14H9BrN4O2S. The smallest absolute Gasteiger partial charge is 0.259 e. The first-order valence-electron chi connectivity index (χ1n) is 6.18. The van der Waals surface area contributed by atoms with Gasteiger partial charge in [-0.3, -0.25) is 10.1 Å². The highest BCUT2D eigenvalue weighted by Gasteiger charge is 2.09. The summed E-state index contributed by atoms with van der Waals surface area (Å²) in [6.07, 6.45) is 1.45. The Balaban J connectivity index is 1.67. The molecule has 8 heteroatoms. The van der Waals surface area contributed by atoms with Crippen molar-refractivity contribution >= 4 is 38.3 Å². The van der Waals surface area contributed by atoms with Crippen molar-refractivity contribution in [1.29, 1.82) is 0 Å². The third-order valence-corrected chi connectivity index (χ3v) is 3.75. The lowest BCUT2D eigenvalue weighted by Crippen LogP contribution is -2.12. The Hall–Kier alpha value is -2.32. The van der Waals surface area contributed by atoms with Crippen molar-refractivity contribution in [3.8, 4) is 11.6 Å². The van der Waals surface area contributed by atoms with E-state index in [4.69, 9.17) is 4.74 Å². The number of pyridine rings is 1. The van der Waals surface area contributed by atoms with Gasteiger partial charge in [0.05, 0.1) is 5.56 Å². The summed E-state index contributed by atoms with van der Waals surface area (Å²) in [5, 5.41) is 10.5. The van der Waals surface area contributed by atoms with E-state index in [9.17, 15) is 4.79 Å². The van der Waals surface area contributed by atoms with E-state index in [1.54, 1.807) is 17.6 Å². The van der Waals surface area contributed by atoms with Gasteiger partial charge in [0.15, 0.2) is 0 Å². The number of hydrogen-bond donors (Lipinski definition) is 1. The molecule has 1 N–H and O–H groups in total. The van der Waals surface area contributed by atoms with Gasteiger partial charge >= 0.3 is 0 Å². The Morgan fingerprint density at radius 1 is 1.18 bits per heavy atom. The highest BCUT2D eigenvalue weighted by molar-refractivity contribution is 9.10. The van der Waals surface area contributed by atoms with Crippen LogP contribution in [0.4, 0.5) is 5.13 Å². The number of rotatable bonds is 4. The molecule has 0 unspecified atom stereocenters. The van der Waals surface area contributed by atoms with Crippen LogP contribution in [0, 0.1) is 0 Å². The molecule has 0 aliphatic heterocycles. The average Bonchev–Trinajstić information content (AvgIpc) is 3.03. The number of aromatic nitrogens is 3. The number of hydrogen-bond acceptors (Lipinski definition) is 6. The summed E-state index contributed by atoms with van der Waals surface area (Å²) in [6.45, 7) is 0. The lowest BCUT2D eigenvalue weighted by molar-refractivity contribution is 0.102. The fourth-order valence-corrected chi connectivity index (χ4v) is 2.30. The second kappa shape index (κ2) is 6.63. The van der Waals surface area contributed by atoms with Gasteiger partial charge in [-0.2, -0.15) is 0 Å². The third kappa shape index (κ3) is 3.66. The van der Waals surface area contributed by atoms with Crippen LogP contribution in [0.25, 0.3) is 0 Å². The molecule has 3 aromatic rings. The van der Waals surface area contributed by atoms with E-state index in [1.165, 1.54) is 17.5 Å². The van der Waals surface area contributed by atoms with Crippen molar-refractivity contribution in [3.05, 3.63) is 58.1 Å². The largest absolute Gasteiger partial charge is 0.439 e. The van der Waals surface area contributed by atoms with E-state index in [0.717, 1.165) is 4.47 Å². The van der Waals surface area contributed by atoms with Gasteiger partial charge in [-0.1, -0.05) is 27.3 Å². The molecule has 0 spiro atoms. The molecule has 1 amide bonds. The van der Waals surface area contributed by atoms with Crippen LogP contribution in [0.5, 0.6) is 11.6 Å². The molecule has 0 radical (unpaired) electrons. The zero-order chi connectivity index (χ0) is 15.4. The van der Waals surface area contributed by atoms with E-state index < -0.39 is 0 Å². The maximum absolute atomic E-state index is 12.0. The summed E-state index contributed by atoms with van der Waals surface area (Å²) < 4.78 is 6.56. The quantitative estimate of drug-likeness (QED) is 0.750. The highest BCUT2D eigenvalue weighted by atomic mass is 79.9. The van der Waals surface area contributed by atoms with Gasteiger partial charge in [0.1, 0.15) is 11.3 Å². The minimum absolute atomic E-state index is 0.292. The van der Waals surface area contributed by atoms with Crippen molar-refractivity contribution in [2.75, 3.05) is 5.32 Å². The van der Waals surface area contributed by atoms with Gasteiger partial charge in [0.25, 0.3) is 5.91 Å². The summed E-state index contributed by atoms with van der Waals surface area (Å²) in [6, 6.07) is 10.7. The summed E-state index contributed by atoms with van der Waals surface area (Å²) in [7, 11) is 0. The lowest BCUT2D eigenvalue weighted by Gasteiger charge is -2.05. The first kappa shape index (κ1) is 14.6. The average molecular weight is 377 g/mol. The van der Waals surface area contributed by atoms with E-state index in [1.807, 2.05) is 24.3 Å². The number of nitrogens with zero attached hydrogens (tertiary/aromatic N) is 3. The number of ether oxygens (including phenoxy) is 1.